The van der Waals surface area contributed by atoms with Gasteiger partial charge < -0.3 is 4.98 Å². The average molecular weight is 341 g/mol. The van der Waals surface area contributed by atoms with Crippen molar-refractivity contribution >= 4 is 0 Å². The van der Waals surface area contributed by atoms with Crippen LogP contribution >= 0.6 is 0 Å². The molecule has 26 heavy (non-hydrogen) atoms. The monoisotopic (exact) mass is 341 g/mol. The standard InChI is InChI=1S/C21H19N5/c1-13-7-4-10-16(22-13)19-20(17-11-5-8-14(2)23-17)26-21(25-19)18-12-6-9-15(3)24-18/h4-12H,1-3H3,(H,25,26). The van der Waals surface area contributed by atoms with Gasteiger partial charge in [0.25, 0.3) is 0 Å². The first kappa shape index (κ1) is 16.1. The molecular formula is C21H19N5. The van der Waals surface area contributed by atoms with Crippen LogP contribution in [0.2, 0.25) is 0 Å². The van der Waals surface area contributed by atoms with Crippen LogP contribution in [0.25, 0.3) is 34.3 Å². The van der Waals surface area contributed by atoms with Crippen molar-refractivity contribution in [3.05, 3.63) is 71.7 Å². The highest BCUT2D eigenvalue weighted by Gasteiger charge is 2.18. The Bertz CT molecular complexity index is 1020. The van der Waals surface area contributed by atoms with Gasteiger partial charge in [-0.1, -0.05) is 18.2 Å². The number of aryl methyl sites for hydroxylation is 3. The second-order valence-corrected chi connectivity index (χ2v) is 6.30. The molecule has 0 fully saturated rings. The number of pyridine rings is 3. The first-order valence-electron chi connectivity index (χ1n) is 8.52. The fourth-order valence-corrected chi connectivity index (χ4v) is 2.90. The fraction of sp³-hybridized carbons (Fsp3) is 0.143. The Hall–Kier alpha value is -3.34. The molecule has 4 aromatic heterocycles. The molecular weight excluding hydrogens is 322 g/mol. The molecule has 0 atom stereocenters. The van der Waals surface area contributed by atoms with Gasteiger partial charge in [-0.2, -0.15) is 0 Å². The minimum absolute atomic E-state index is 0.713. The maximum atomic E-state index is 4.82. The second-order valence-electron chi connectivity index (χ2n) is 6.30. The number of H-pyrrole nitrogens is 1. The van der Waals surface area contributed by atoms with Gasteiger partial charge >= 0.3 is 0 Å². The molecule has 0 aliphatic heterocycles. The Kier molecular flexibility index (Phi) is 4.05. The van der Waals surface area contributed by atoms with Gasteiger partial charge in [0.2, 0.25) is 0 Å². The largest absolute Gasteiger partial charge is 0.335 e. The van der Waals surface area contributed by atoms with Gasteiger partial charge in [0.05, 0.1) is 17.1 Å². The second kappa shape index (κ2) is 6.52. The minimum atomic E-state index is 0.713. The maximum absolute atomic E-state index is 4.82. The lowest BCUT2D eigenvalue weighted by Gasteiger charge is -2.03. The van der Waals surface area contributed by atoms with E-state index in [1.165, 1.54) is 0 Å². The number of hydrogen-bond acceptors (Lipinski definition) is 4. The normalized spacial score (nSPS) is 10.9. The third-order valence-electron chi connectivity index (χ3n) is 4.11. The first-order valence-corrected chi connectivity index (χ1v) is 8.52. The van der Waals surface area contributed by atoms with E-state index in [9.17, 15) is 0 Å². The van der Waals surface area contributed by atoms with Crippen LogP contribution in [0.4, 0.5) is 0 Å². The topological polar surface area (TPSA) is 67.3 Å². The fourth-order valence-electron chi connectivity index (χ4n) is 2.90. The van der Waals surface area contributed by atoms with Crippen molar-refractivity contribution in [2.75, 3.05) is 0 Å². The third kappa shape index (κ3) is 3.11. The molecule has 4 rings (SSSR count). The van der Waals surface area contributed by atoms with Crippen molar-refractivity contribution in [3.63, 3.8) is 0 Å². The molecule has 5 nitrogen and oxygen atoms in total. The Balaban J connectivity index is 1.93. The quantitative estimate of drug-likeness (QED) is 0.595. The molecule has 4 aromatic rings. The Morgan fingerprint density at radius 3 is 1.69 bits per heavy atom. The summed E-state index contributed by atoms with van der Waals surface area (Å²) < 4.78 is 0. The van der Waals surface area contributed by atoms with Crippen LogP contribution in [-0.4, -0.2) is 24.9 Å². The molecule has 0 bridgehead atoms. The van der Waals surface area contributed by atoms with Crippen LogP contribution in [0.3, 0.4) is 0 Å². The predicted octanol–water partition coefficient (Wildman–Crippen LogP) is 4.52. The summed E-state index contributed by atoms with van der Waals surface area (Å²) in [5.41, 5.74) is 6.95. The summed E-state index contributed by atoms with van der Waals surface area (Å²) in [7, 11) is 0. The van der Waals surface area contributed by atoms with Crippen LogP contribution in [0.5, 0.6) is 0 Å². The summed E-state index contributed by atoms with van der Waals surface area (Å²) in [5.74, 6) is 0.713. The Morgan fingerprint density at radius 2 is 1.08 bits per heavy atom. The number of nitrogens with zero attached hydrogens (tertiary/aromatic N) is 4. The van der Waals surface area contributed by atoms with Gasteiger partial charge in [0, 0.05) is 17.1 Å². The molecule has 128 valence electrons. The molecule has 0 saturated heterocycles. The minimum Gasteiger partial charge on any atom is -0.335 e. The molecule has 1 N–H and O–H groups in total. The van der Waals surface area contributed by atoms with Crippen LogP contribution in [-0.2, 0) is 0 Å². The van der Waals surface area contributed by atoms with E-state index in [1.807, 2.05) is 75.4 Å². The van der Waals surface area contributed by atoms with Gasteiger partial charge in [-0.25, -0.2) is 9.97 Å². The number of rotatable bonds is 3. The van der Waals surface area contributed by atoms with E-state index in [1.54, 1.807) is 0 Å². The zero-order chi connectivity index (χ0) is 18.1. The van der Waals surface area contributed by atoms with Crippen molar-refractivity contribution in [1.82, 2.24) is 24.9 Å². The summed E-state index contributed by atoms with van der Waals surface area (Å²) in [6.07, 6.45) is 0. The molecule has 0 amide bonds. The summed E-state index contributed by atoms with van der Waals surface area (Å²) in [4.78, 5) is 22.1. The average Bonchev–Trinajstić information content (AvgIpc) is 3.07. The van der Waals surface area contributed by atoms with Gasteiger partial charge in [0.15, 0.2) is 5.82 Å². The smallest absolute Gasteiger partial charge is 0.157 e. The van der Waals surface area contributed by atoms with E-state index >= 15 is 0 Å². The van der Waals surface area contributed by atoms with Gasteiger partial charge in [-0.3, -0.25) is 9.97 Å². The van der Waals surface area contributed by atoms with E-state index in [0.29, 0.717) is 5.82 Å². The van der Waals surface area contributed by atoms with E-state index in [2.05, 4.69) is 19.9 Å². The number of aromatic amines is 1. The van der Waals surface area contributed by atoms with E-state index in [0.717, 1.165) is 45.6 Å². The van der Waals surface area contributed by atoms with Crippen molar-refractivity contribution < 1.29 is 0 Å². The van der Waals surface area contributed by atoms with Gasteiger partial charge in [-0.15, -0.1) is 0 Å². The number of hydrogen-bond donors (Lipinski definition) is 1. The SMILES string of the molecule is Cc1cccc(-c2nc(-c3cccc(C)n3)c(-c3cccc(C)n3)[nH]2)n1. The lowest BCUT2D eigenvalue weighted by atomic mass is 10.1. The van der Waals surface area contributed by atoms with Crippen molar-refractivity contribution in [2.24, 2.45) is 0 Å². The molecule has 0 aliphatic carbocycles. The highest BCUT2D eigenvalue weighted by atomic mass is 15.0. The zero-order valence-electron chi connectivity index (χ0n) is 15.0. The predicted molar refractivity (Wildman–Crippen MR) is 102 cm³/mol. The van der Waals surface area contributed by atoms with Crippen LogP contribution < -0.4 is 0 Å². The molecule has 0 saturated carbocycles. The summed E-state index contributed by atoms with van der Waals surface area (Å²) in [6, 6.07) is 17.8. The van der Waals surface area contributed by atoms with Gasteiger partial charge in [0.1, 0.15) is 11.4 Å². The number of nitrogens with one attached hydrogen (secondary N) is 1. The van der Waals surface area contributed by atoms with Crippen molar-refractivity contribution in [3.8, 4) is 34.3 Å². The molecule has 0 spiro atoms. The molecule has 4 heterocycles. The summed E-state index contributed by atoms with van der Waals surface area (Å²) in [6.45, 7) is 5.93. The molecule has 5 heteroatoms. The molecule has 0 radical (unpaired) electrons. The van der Waals surface area contributed by atoms with Crippen molar-refractivity contribution in [2.45, 2.75) is 20.8 Å². The van der Waals surface area contributed by atoms with Crippen LogP contribution in [0.15, 0.2) is 54.6 Å². The summed E-state index contributed by atoms with van der Waals surface area (Å²) >= 11 is 0. The van der Waals surface area contributed by atoms with Crippen LogP contribution in [0.1, 0.15) is 17.1 Å². The Morgan fingerprint density at radius 1 is 0.577 bits per heavy atom. The van der Waals surface area contributed by atoms with E-state index in [-0.39, 0.29) is 0 Å². The van der Waals surface area contributed by atoms with Crippen molar-refractivity contribution in [1.29, 1.82) is 0 Å². The number of aromatic nitrogens is 5. The Labute approximate surface area is 152 Å². The molecule has 0 unspecified atom stereocenters. The lowest BCUT2D eigenvalue weighted by molar-refractivity contribution is 1.15. The third-order valence-corrected chi connectivity index (χ3v) is 4.11. The zero-order valence-corrected chi connectivity index (χ0v) is 15.0. The number of imidazole rings is 1. The van der Waals surface area contributed by atoms with E-state index in [4.69, 9.17) is 4.98 Å². The first-order chi connectivity index (χ1) is 12.6. The highest BCUT2D eigenvalue weighted by Crippen LogP contribution is 2.31. The van der Waals surface area contributed by atoms with Crippen LogP contribution in [0, 0.1) is 20.8 Å². The highest BCUT2D eigenvalue weighted by molar-refractivity contribution is 5.77. The van der Waals surface area contributed by atoms with E-state index < -0.39 is 0 Å². The van der Waals surface area contributed by atoms with Gasteiger partial charge in [-0.05, 0) is 57.2 Å². The molecule has 0 aromatic carbocycles. The summed E-state index contributed by atoms with van der Waals surface area (Å²) in [5, 5.41) is 0. The molecule has 0 aliphatic rings. The maximum Gasteiger partial charge on any atom is 0.157 e. The lowest BCUT2D eigenvalue weighted by Crippen LogP contribution is -1.91.